The van der Waals surface area contributed by atoms with Gasteiger partial charge in [-0.15, -0.1) is 0 Å². The SMILES string of the molecule is OC(CNc1cc(Br)ccc1Br)c1ccco1. The summed E-state index contributed by atoms with van der Waals surface area (Å²) in [5.41, 5.74) is 0.921. The highest BCUT2D eigenvalue weighted by atomic mass is 79.9. The Labute approximate surface area is 116 Å². The third-order valence-electron chi connectivity index (χ3n) is 2.29. The van der Waals surface area contributed by atoms with Crippen molar-refractivity contribution in [3.8, 4) is 0 Å². The van der Waals surface area contributed by atoms with E-state index in [-0.39, 0.29) is 0 Å². The molecule has 1 aromatic heterocycles. The zero-order valence-electron chi connectivity index (χ0n) is 8.86. The quantitative estimate of drug-likeness (QED) is 0.867. The van der Waals surface area contributed by atoms with E-state index in [0.717, 1.165) is 14.6 Å². The largest absolute Gasteiger partial charge is 0.467 e. The van der Waals surface area contributed by atoms with Crippen LogP contribution in [-0.2, 0) is 0 Å². The summed E-state index contributed by atoms with van der Waals surface area (Å²) in [6.45, 7) is 0.391. The van der Waals surface area contributed by atoms with Gasteiger partial charge in [-0.25, -0.2) is 0 Å². The van der Waals surface area contributed by atoms with E-state index < -0.39 is 6.10 Å². The summed E-state index contributed by atoms with van der Waals surface area (Å²) in [5.74, 6) is 0.559. The fourth-order valence-corrected chi connectivity index (χ4v) is 2.17. The molecule has 0 saturated carbocycles. The summed E-state index contributed by atoms with van der Waals surface area (Å²) in [6, 6.07) is 9.33. The van der Waals surface area contributed by atoms with Crippen molar-refractivity contribution in [2.24, 2.45) is 0 Å². The third-order valence-corrected chi connectivity index (χ3v) is 3.47. The summed E-state index contributed by atoms with van der Waals surface area (Å²) in [6.07, 6.45) is 0.893. The lowest BCUT2D eigenvalue weighted by Gasteiger charge is -2.12. The Bertz CT molecular complexity index is 485. The van der Waals surface area contributed by atoms with Gasteiger partial charge in [0.25, 0.3) is 0 Å². The summed E-state index contributed by atoms with van der Waals surface area (Å²) in [7, 11) is 0. The van der Waals surface area contributed by atoms with Crippen LogP contribution in [0.3, 0.4) is 0 Å². The molecule has 0 fully saturated rings. The standard InChI is InChI=1S/C12H11Br2NO2/c13-8-3-4-9(14)10(6-8)15-7-11(16)12-2-1-5-17-12/h1-6,11,15-16H,7H2. The second-order valence-electron chi connectivity index (χ2n) is 3.54. The molecule has 0 bridgehead atoms. The predicted molar refractivity (Wildman–Crippen MR) is 74.0 cm³/mol. The molecular weight excluding hydrogens is 350 g/mol. The molecule has 0 saturated heterocycles. The molecular formula is C12H11Br2NO2. The van der Waals surface area contributed by atoms with Crippen LogP contribution in [0.1, 0.15) is 11.9 Å². The van der Waals surface area contributed by atoms with E-state index in [1.54, 1.807) is 18.4 Å². The normalized spacial score (nSPS) is 12.4. The van der Waals surface area contributed by atoms with Gasteiger partial charge < -0.3 is 14.8 Å². The first-order valence-electron chi connectivity index (χ1n) is 5.07. The van der Waals surface area contributed by atoms with Crippen molar-refractivity contribution in [2.75, 3.05) is 11.9 Å². The third kappa shape index (κ3) is 3.34. The molecule has 0 aliphatic rings. The van der Waals surface area contributed by atoms with Crippen LogP contribution in [0.2, 0.25) is 0 Å². The van der Waals surface area contributed by atoms with Gasteiger partial charge in [0.15, 0.2) is 0 Å². The molecule has 90 valence electrons. The minimum Gasteiger partial charge on any atom is -0.467 e. The van der Waals surface area contributed by atoms with E-state index in [4.69, 9.17) is 4.42 Å². The molecule has 1 atom stereocenters. The molecule has 0 spiro atoms. The Morgan fingerprint density at radius 3 is 2.82 bits per heavy atom. The maximum absolute atomic E-state index is 9.85. The second kappa shape index (κ2) is 5.71. The molecule has 0 radical (unpaired) electrons. The van der Waals surface area contributed by atoms with Gasteiger partial charge in [0.2, 0.25) is 0 Å². The van der Waals surface area contributed by atoms with Crippen LogP contribution in [-0.4, -0.2) is 11.7 Å². The van der Waals surface area contributed by atoms with Crippen molar-refractivity contribution < 1.29 is 9.52 Å². The highest BCUT2D eigenvalue weighted by molar-refractivity contribution is 9.11. The number of benzene rings is 1. The highest BCUT2D eigenvalue weighted by Gasteiger charge is 2.10. The van der Waals surface area contributed by atoms with Crippen molar-refractivity contribution in [3.63, 3.8) is 0 Å². The van der Waals surface area contributed by atoms with Crippen molar-refractivity contribution in [1.82, 2.24) is 0 Å². The van der Waals surface area contributed by atoms with Crippen LogP contribution in [0.25, 0.3) is 0 Å². The first kappa shape index (κ1) is 12.7. The van der Waals surface area contributed by atoms with Crippen LogP contribution in [0.5, 0.6) is 0 Å². The van der Waals surface area contributed by atoms with Gasteiger partial charge in [0, 0.05) is 21.2 Å². The van der Waals surface area contributed by atoms with Crippen LogP contribution < -0.4 is 5.32 Å². The number of hydrogen-bond donors (Lipinski definition) is 2. The van der Waals surface area contributed by atoms with Crippen LogP contribution in [0.15, 0.2) is 50.0 Å². The number of aliphatic hydroxyl groups excluding tert-OH is 1. The van der Waals surface area contributed by atoms with E-state index in [0.29, 0.717) is 12.3 Å². The molecule has 17 heavy (non-hydrogen) atoms. The van der Waals surface area contributed by atoms with Gasteiger partial charge in [-0.2, -0.15) is 0 Å². The predicted octanol–water partition coefficient (Wildman–Crippen LogP) is 3.95. The van der Waals surface area contributed by atoms with Crippen molar-refractivity contribution in [2.45, 2.75) is 6.10 Å². The Kier molecular flexibility index (Phi) is 4.25. The molecule has 2 rings (SSSR count). The molecule has 0 aliphatic carbocycles. The lowest BCUT2D eigenvalue weighted by molar-refractivity contribution is 0.162. The minimum atomic E-state index is -0.657. The molecule has 3 nitrogen and oxygen atoms in total. The maximum atomic E-state index is 9.85. The Hall–Kier alpha value is -0.780. The zero-order valence-corrected chi connectivity index (χ0v) is 12.0. The topological polar surface area (TPSA) is 45.4 Å². The number of halogens is 2. The van der Waals surface area contributed by atoms with Crippen LogP contribution in [0, 0.1) is 0 Å². The smallest absolute Gasteiger partial charge is 0.134 e. The van der Waals surface area contributed by atoms with Gasteiger partial charge in [0.1, 0.15) is 11.9 Å². The van der Waals surface area contributed by atoms with E-state index >= 15 is 0 Å². The number of rotatable bonds is 4. The minimum absolute atomic E-state index is 0.391. The average molecular weight is 361 g/mol. The molecule has 5 heteroatoms. The zero-order chi connectivity index (χ0) is 12.3. The van der Waals surface area contributed by atoms with Gasteiger partial charge in [0.05, 0.1) is 6.26 Å². The first-order chi connectivity index (χ1) is 8.16. The summed E-state index contributed by atoms with van der Waals surface area (Å²) in [4.78, 5) is 0. The van der Waals surface area contributed by atoms with Gasteiger partial charge >= 0.3 is 0 Å². The van der Waals surface area contributed by atoms with Crippen molar-refractivity contribution in [3.05, 3.63) is 51.3 Å². The summed E-state index contributed by atoms with van der Waals surface area (Å²) >= 11 is 6.84. The fraction of sp³-hybridized carbons (Fsp3) is 0.167. The lowest BCUT2D eigenvalue weighted by Crippen LogP contribution is -2.11. The molecule has 2 aromatic rings. The van der Waals surface area contributed by atoms with Crippen molar-refractivity contribution in [1.29, 1.82) is 0 Å². The Balaban J connectivity index is 2.00. The highest BCUT2D eigenvalue weighted by Crippen LogP contribution is 2.26. The van der Waals surface area contributed by atoms with Crippen LogP contribution in [0.4, 0.5) is 5.69 Å². The molecule has 1 unspecified atom stereocenters. The second-order valence-corrected chi connectivity index (χ2v) is 5.31. The monoisotopic (exact) mass is 359 g/mol. The molecule has 0 amide bonds. The first-order valence-corrected chi connectivity index (χ1v) is 6.66. The van der Waals surface area contributed by atoms with E-state index in [1.165, 1.54) is 0 Å². The van der Waals surface area contributed by atoms with E-state index in [2.05, 4.69) is 37.2 Å². The van der Waals surface area contributed by atoms with Crippen LogP contribution >= 0.6 is 31.9 Å². The van der Waals surface area contributed by atoms with Gasteiger partial charge in [-0.05, 0) is 46.3 Å². The number of nitrogens with one attached hydrogen (secondary N) is 1. The molecule has 2 N–H and O–H groups in total. The summed E-state index contributed by atoms with van der Waals surface area (Å²) < 4.78 is 7.06. The molecule has 0 aliphatic heterocycles. The number of aliphatic hydroxyl groups is 1. The van der Waals surface area contributed by atoms with E-state index in [1.807, 2.05) is 18.2 Å². The fourth-order valence-electron chi connectivity index (χ4n) is 1.42. The summed E-state index contributed by atoms with van der Waals surface area (Å²) in [5, 5.41) is 13.0. The lowest BCUT2D eigenvalue weighted by atomic mass is 10.2. The molecule has 1 aromatic carbocycles. The Morgan fingerprint density at radius 1 is 1.29 bits per heavy atom. The maximum Gasteiger partial charge on any atom is 0.134 e. The van der Waals surface area contributed by atoms with E-state index in [9.17, 15) is 5.11 Å². The average Bonchev–Trinajstić information content (AvgIpc) is 2.83. The molecule has 1 heterocycles. The number of hydrogen-bond acceptors (Lipinski definition) is 3. The van der Waals surface area contributed by atoms with Gasteiger partial charge in [-0.3, -0.25) is 0 Å². The van der Waals surface area contributed by atoms with Gasteiger partial charge in [-0.1, -0.05) is 15.9 Å². The Morgan fingerprint density at radius 2 is 2.12 bits per heavy atom. The van der Waals surface area contributed by atoms with Crippen molar-refractivity contribution >= 4 is 37.5 Å². The number of furan rings is 1. The number of anilines is 1.